The standard InChI is InChI=1S/C20H16FN3O2S/c21-15-7-5-14(6-8-15)13-26-18-4-2-1-3-17(18)19(25)22-11-16-12-24-9-10-27-20(24)23-16/h1-10,12H,11,13H2,(H,22,25). The number of hydrogen-bond donors (Lipinski definition) is 1. The topological polar surface area (TPSA) is 55.6 Å². The summed E-state index contributed by atoms with van der Waals surface area (Å²) in [6.45, 7) is 0.585. The van der Waals surface area contributed by atoms with Crippen molar-refractivity contribution in [3.05, 3.63) is 88.9 Å². The molecule has 0 aliphatic rings. The molecule has 2 aromatic heterocycles. The van der Waals surface area contributed by atoms with Crippen molar-refractivity contribution in [1.29, 1.82) is 0 Å². The normalized spacial score (nSPS) is 10.9. The summed E-state index contributed by atoms with van der Waals surface area (Å²) in [5.41, 5.74) is 2.06. The highest BCUT2D eigenvalue weighted by atomic mass is 32.1. The van der Waals surface area contributed by atoms with Gasteiger partial charge in [0.05, 0.1) is 17.8 Å². The lowest BCUT2D eigenvalue weighted by molar-refractivity contribution is 0.0946. The first-order valence-electron chi connectivity index (χ1n) is 8.34. The molecule has 0 aliphatic heterocycles. The number of amides is 1. The summed E-state index contributed by atoms with van der Waals surface area (Å²) >= 11 is 1.54. The number of halogens is 1. The number of aromatic nitrogens is 2. The van der Waals surface area contributed by atoms with E-state index in [1.165, 1.54) is 12.1 Å². The average Bonchev–Trinajstić information content (AvgIpc) is 3.28. The summed E-state index contributed by atoms with van der Waals surface area (Å²) in [6, 6.07) is 13.1. The van der Waals surface area contributed by atoms with E-state index in [2.05, 4.69) is 10.3 Å². The number of nitrogens with zero attached hydrogens (tertiary/aromatic N) is 2. The quantitative estimate of drug-likeness (QED) is 0.548. The minimum absolute atomic E-state index is 0.235. The van der Waals surface area contributed by atoms with Gasteiger partial charge in [0.2, 0.25) is 0 Å². The Balaban J connectivity index is 1.42. The average molecular weight is 381 g/mol. The van der Waals surface area contributed by atoms with Gasteiger partial charge in [-0.05, 0) is 29.8 Å². The zero-order chi connectivity index (χ0) is 18.6. The van der Waals surface area contributed by atoms with Crippen molar-refractivity contribution in [2.45, 2.75) is 13.2 Å². The Bertz CT molecular complexity index is 1040. The number of rotatable bonds is 6. The molecule has 1 amide bonds. The van der Waals surface area contributed by atoms with Crippen LogP contribution in [-0.4, -0.2) is 15.3 Å². The molecule has 0 radical (unpaired) electrons. The summed E-state index contributed by atoms with van der Waals surface area (Å²) in [5, 5.41) is 4.83. The highest BCUT2D eigenvalue weighted by molar-refractivity contribution is 7.15. The van der Waals surface area contributed by atoms with Crippen molar-refractivity contribution in [3.63, 3.8) is 0 Å². The third kappa shape index (κ3) is 3.98. The third-order valence-electron chi connectivity index (χ3n) is 4.01. The minimum Gasteiger partial charge on any atom is -0.488 e. The number of carbonyl (C=O) groups excluding carboxylic acids is 1. The van der Waals surface area contributed by atoms with Gasteiger partial charge in [-0.25, -0.2) is 9.37 Å². The Kier molecular flexibility index (Phi) is 4.84. The first-order chi connectivity index (χ1) is 13.2. The molecule has 0 spiro atoms. The molecule has 0 bridgehead atoms. The summed E-state index contributed by atoms with van der Waals surface area (Å²) < 4.78 is 20.7. The van der Waals surface area contributed by atoms with E-state index in [1.54, 1.807) is 47.7 Å². The molecule has 2 heterocycles. The lowest BCUT2D eigenvalue weighted by Gasteiger charge is -2.11. The van der Waals surface area contributed by atoms with Gasteiger partial charge in [-0.1, -0.05) is 24.3 Å². The monoisotopic (exact) mass is 381 g/mol. The number of hydrogen-bond acceptors (Lipinski definition) is 4. The SMILES string of the molecule is O=C(NCc1cn2ccsc2n1)c1ccccc1OCc1ccc(F)cc1. The molecule has 1 N–H and O–H groups in total. The zero-order valence-corrected chi connectivity index (χ0v) is 15.1. The van der Waals surface area contributed by atoms with Crippen LogP contribution in [0, 0.1) is 5.82 Å². The van der Waals surface area contributed by atoms with E-state index in [9.17, 15) is 9.18 Å². The van der Waals surface area contributed by atoms with Crippen molar-refractivity contribution < 1.29 is 13.9 Å². The smallest absolute Gasteiger partial charge is 0.255 e. The molecule has 0 atom stereocenters. The number of ether oxygens (including phenoxy) is 1. The molecule has 0 aliphatic carbocycles. The fourth-order valence-electron chi connectivity index (χ4n) is 2.65. The van der Waals surface area contributed by atoms with Gasteiger partial charge in [-0.2, -0.15) is 0 Å². The molecule has 0 fully saturated rings. The summed E-state index contributed by atoms with van der Waals surface area (Å²) in [5.74, 6) is -0.0520. The van der Waals surface area contributed by atoms with Crippen LogP contribution in [0.3, 0.4) is 0 Å². The van der Waals surface area contributed by atoms with Crippen LogP contribution >= 0.6 is 11.3 Å². The second-order valence-electron chi connectivity index (χ2n) is 5.92. The predicted molar refractivity (Wildman–Crippen MR) is 101 cm³/mol. The summed E-state index contributed by atoms with van der Waals surface area (Å²) in [7, 11) is 0. The maximum atomic E-state index is 13.0. The van der Waals surface area contributed by atoms with Crippen molar-refractivity contribution in [2.24, 2.45) is 0 Å². The molecule has 4 aromatic rings. The highest BCUT2D eigenvalue weighted by Crippen LogP contribution is 2.20. The second kappa shape index (κ2) is 7.59. The maximum absolute atomic E-state index is 13.0. The first-order valence-corrected chi connectivity index (χ1v) is 9.22. The van der Waals surface area contributed by atoms with Gasteiger partial charge in [0, 0.05) is 17.8 Å². The third-order valence-corrected chi connectivity index (χ3v) is 4.78. The molecular weight excluding hydrogens is 365 g/mol. The fourth-order valence-corrected chi connectivity index (χ4v) is 3.37. The van der Waals surface area contributed by atoms with Crippen molar-refractivity contribution in [3.8, 4) is 5.75 Å². The Hall–Kier alpha value is -3.19. The van der Waals surface area contributed by atoms with Crippen LogP contribution in [0.2, 0.25) is 0 Å². The van der Waals surface area contributed by atoms with Gasteiger partial charge in [-0.15, -0.1) is 11.3 Å². The van der Waals surface area contributed by atoms with Crippen LogP contribution in [0.25, 0.3) is 4.96 Å². The lowest BCUT2D eigenvalue weighted by Crippen LogP contribution is -2.23. The summed E-state index contributed by atoms with van der Waals surface area (Å²) in [4.78, 5) is 17.9. The fraction of sp³-hybridized carbons (Fsp3) is 0.100. The van der Waals surface area contributed by atoms with Crippen molar-refractivity contribution >= 4 is 22.2 Å². The second-order valence-corrected chi connectivity index (χ2v) is 6.79. The zero-order valence-electron chi connectivity index (χ0n) is 14.3. The van der Waals surface area contributed by atoms with Gasteiger partial charge in [0.25, 0.3) is 5.91 Å². The molecule has 2 aromatic carbocycles. The van der Waals surface area contributed by atoms with Crippen LogP contribution in [0.4, 0.5) is 4.39 Å². The van der Waals surface area contributed by atoms with Crippen molar-refractivity contribution in [2.75, 3.05) is 0 Å². The van der Waals surface area contributed by atoms with Crippen LogP contribution < -0.4 is 10.1 Å². The number of fused-ring (bicyclic) bond motifs is 1. The summed E-state index contributed by atoms with van der Waals surface area (Å²) in [6.07, 6.45) is 3.82. The Morgan fingerprint density at radius 3 is 2.81 bits per heavy atom. The largest absolute Gasteiger partial charge is 0.488 e. The van der Waals surface area contributed by atoms with E-state index in [-0.39, 0.29) is 18.3 Å². The van der Waals surface area contributed by atoms with E-state index in [4.69, 9.17) is 4.74 Å². The molecular formula is C20H16FN3O2S. The molecule has 27 heavy (non-hydrogen) atoms. The van der Waals surface area contributed by atoms with Gasteiger partial charge in [0.1, 0.15) is 18.2 Å². The number of para-hydroxylation sites is 1. The Morgan fingerprint density at radius 1 is 1.19 bits per heavy atom. The Labute approximate surface area is 159 Å². The molecule has 7 heteroatoms. The van der Waals surface area contributed by atoms with Crippen molar-refractivity contribution in [1.82, 2.24) is 14.7 Å². The first kappa shape index (κ1) is 17.2. The van der Waals surface area contributed by atoms with Crippen LogP contribution in [0.5, 0.6) is 5.75 Å². The Morgan fingerprint density at radius 2 is 2.00 bits per heavy atom. The predicted octanol–water partition coefficient (Wildman–Crippen LogP) is 4.04. The van der Waals surface area contributed by atoms with E-state index < -0.39 is 0 Å². The van der Waals surface area contributed by atoms with Gasteiger partial charge >= 0.3 is 0 Å². The van der Waals surface area contributed by atoms with E-state index in [1.807, 2.05) is 22.2 Å². The number of benzene rings is 2. The number of thiazole rings is 1. The minimum atomic E-state index is -0.294. The van der Waals surface area contributed by atoms with Gasteiger partial charge < -0.3 is 10.1 Å². The van der Waals surface area contributed by atoms with Gasteiger partial charge in [0.15, 0.2) is 4.96 Å². The number of imidazole rings is 1. The molecule has 136 valence electrons. The van der Waals surface area contributed by atoms with E-state index in [0.717, 1.165) is 16.2 Å². The van der Waals surface area contributed by atoms with Crippen LogP contribution in [0.1, 0.15) is 21.6 Å². The molecule has 0 unspecified atom stereocenters. The molecule has 5 nitrogen and oxygen atoms in total. The molecule has 4 rings (SSSR count). The van der Waals surface area contributed by atoms with E-state index in [0.29, 0.717) is 17.9 Å². The van der Waals surface area contributed by atoms with E-state index >= 15 is 0 Å². The molecule has 0 saturated heterocycles. The highest BCUT2D eigenvalue weighted by Gasteiger charge is 2.13. The molecule has 0 saturated carbocycles. The van der Waals surface area contributed by atoms with Crippen LogP contribution in [0.15, 0.2) is 66.3 Å². The number of nitrogens with one attached hydrogen (secondary N) is 1. The number of carbonyl (C=O) groups is 1. The van der Waals surface area contributed by atoms with Crippen LogP contribution in [-0.2, 0) is 13.2 Å². The van der Waals surface area contributed by atoms with Gasteiger partial charge in [-0.3, -0.25) is 9.20 Å². The lowest BCUT2D eigenvalue weighted by atomic mass is 10.2. The maximum Gasteiger partial charge on any atom is 0.255 e.